The molecule has 4 nitrogen and oxygen atoms in total. The SMILES string of the molecule is Cc1cccc2[nH]cc(CC(=O)NCc3ccco3)c12. The van der Waals surface area contributed by atoms with Crippen LogP contribution in [0.5, 0.6) is 0 Å². The summed E-state index contributed by atoms with van der Waals surface area (Å²) >= 11 is 0. The van der Waals surface area contributed by atoms with Crippen LogP contribution in [-0.2, 0) is 17.8 Å². The van der Waals surface area contributed by atoms with E-state index in [9.17, 15) is 4.79 Å². The summed E-state index contributed by atoms with van der Waals surface area (Å²) in [6.45, 7) is 2.48. The van der Waals surface area contributed by atoms with Gasteiger partial charge in [-0.25, -0.2) is 0 Å². The van der Waals surface area contributed by atoms with Crippen LogP contribution in [0.4, 0.5) is 0 Å². The zero-order valence-electron chi connectivity index (χ0n) is 11.3. The number of furan rings is 1. The number of carbonyl (C=O) groups excluding carboxylic acids is 1. The first kappa shape index (κ1) is 12.5. The van der Waals surface area contributed by atoms with E-state index < -0.39 is 0 Å². The van der Waals surface area contributed by atoms with Gasteiger partial charge < -0.3 is 14.7 Å². The molecule has 20 heavy (non-hydrogen) atoms. The summed E-state index contributed by atoms with van der Waals surface area (Å²) in [5.74, 6) is 0.749. The topological polar surface area (TPSA) is 58.0 Å². The number of fused-ring (bicyclic) bond motifs is 1. The van der Waals surface area contributed by atoms with E-state index in [1.54, 1.807) is 6.26 Å². The highest BCUT2D eigenvalue weighted by Gasteiger charge is 2.10. The number of hydrogen-bond donors (Lipinski definition) is 2. The molecule has 0 aliphatic carbocycles. The molecule has 0 saturated heterocycles. The third kappa shape index (κ3) is 2.45. The monoisotopic (exact) mass is 268 g/mol. The zero-order valence-corrected chi connectivity index (χ0v) is 11.3. The molecule has 0 aliphatic rings. The number of rotatable bonds is 4. The Bertz CT molecular complexity index is 726. The maximum Gasteiger partial charge on any atom is 0.224 e. The average molecular weight is 268 g/mol. The van der Waals surface area contributed by atoms with Crippen LogP contribution in [0.3, 0.4) is 0 Å². The van der Waals surface area contributed by atoms with Gasteiger partial charge in [-0.05, 0) is 36.2 Å². The number of nitrogens with one attached hydrogen (secondary N) is 2. The second-order valence-corrected chi connectivity index (χ2v) is 4.84. The lowest BCUT2D eigenvalue weighted by Gasteiger charge is -2.04. The number of hydrogen-bond acceptors (Lipinski definition) is 2. The molecule has 0 radical (unpaired) electrons. The van der Waals surface area contributed by atoms with Crippen molar-refractivity contribution in [3.8, 4) is 0 Å². The van der Waals surface area contributed by atoms with Gasteiger partial charge in [-0.15, -0.1) is 0 Å². The molecular formula is C16H16N2O2. The first-order chi connectivity index (χ1) is 9.74. The fourth-order valence-electron chi connectivity index (χ4n) is 2.43. The van der Waals surface area contributed by atoms with Gasteiger partial charge >= 0.3 is 0 Å². The van der Waals surface area contributed by atoms with Gasteiger partial charge in [-0.2, -0.15) is 0 Å². The molecule has 2 N–H and O–H groups in total. The number of H-pyrrole nitrogens is 1. The molecule has 0 spiro atoms. The predicted octanol–water partition coefficient (Wildman–Crippen LogP) is 2.93. The highest BCUT2D eigenvalue weighted by atomic mass is 16.3. The summed E-state index contributed by atoms with van der Waals surface area (Å²) in [6, 6.07) is 9.74. The van der Waals surface area contributed by atoms with Crippen LogP contribution in [-0.4, -0.2) is 10.9 Å². The van der Waals surface area contributed by atoms with Crippen LogP contribution >= 0.6 is 0 Å². The first-order valence-corrected chi connectivity index (χ1v) is 6.58. The van der Waals surface area contributed by atoms with E-state index in [1.807, 2.05) is 30.5 Å². The predicted molar refractivity (Wildman–Crippen MR) is 77.3 cm³/mol. The molecule has 4 heteroatoms. The van der Waals surface area contributed by atoms with Gasteiger partial charge in [0.2, 0.25) is 5.91 Å². The lowest BCUT2D eigenvalue weighted by atomic mass is 10.1. The van der Waals surface area contributed by atoms with Gasteiger partial charge in [0.1, 0.15) is 5.76 Å². The Kier molecular flexibility index (Phi) is 3.29. The van der Waals surface area contributed by atoms with Crippen LogP contribution in [0.15, 0.2) is 47.2 Å². The standard InChI is InChI=1S/C16H16N2O2/c1-11-4-2-6-14-16(11)12(9-17-14)8-15(19)18-10-13-5-3-7-20-13/h2-7,9,17H,8,10H2,1H3,(H,18,19). The van der Waals surface area contributed by atoms with Crippen molar-refractivity contribution in [3.05, 3.63) is 59.7 Å². The van der Waals surface area contributed by atoms with E-state index in [4.69, 9.17) is 4.42 Å². The fourth-order valence-corrected chi connectivity index (χ4v) is 2.43. The number of benzene rings is 1. The number of carbonyl (C=O) groups is 1. The summed E-state index contributed by atoms with van der Waals surface area (Å²) < 4.78 is 5.19. The number of aromatic amines is 1. The smallest absolute Gasteiger partial charge is 0.224 e. The Morgan fingerprint density at radius 3 is 3.00 bits per heavy atom. The maximum atomic E-state index is 12.0. The van der Waals surface area contributed by atoms with Crippen molar-refractivity contribution in [2.24, 2.45) is 0 Å². The van der Waals surface area contributed by atoms with Crippen LogP contribution in [0.1, 0.15) is 16.9 Å². The average Bonchev–Trinajstić information content (AvgIpc) is 3.07. The molecule has 0 aliphatic heterocycles. The van der Waals surface area contributed by atoms with E-state index >= 15 is 0 Å². The summed E-state index contributed by atoms with van der Waals surface area (Å²) in [6.07, 6.45) is 3.88. The maximum absolute atomic E-state index is 12.0. The summed E-state index contributed by atoms with van der Waals surface area (Å²) in [5.41, 5.74) is 3.27. The molecule has 0 atom stereocenters. The second-order valence-electron chi connectivity index (χ2n) is 4.84. The van der Waals surface area contributed by atoms with E-state index in [0.717, 1.165) is 22.2 Å². The van der Waals surface area contributed by atoms with Crippen molar-refractivity contribution >= 4 is 16.8 Å². The van der Waals surface area contributed by atoms with Crippen LogP contribution in [0.2, 0.25) is 0 Å². The van der Waals surface area contributed by atoms with Gasteiger partial charge in [-0.3, -0.25) is 4.79 Å². The van der Waals surface area contributed by atoms with E-state index in [2.05, 4.69) is 23.3 Å². The number of amides is 1. The Hall–Kier alpha value is -2.49. The molecule has 0 fully saturated rings. The molecule has 3 rings (SSSR count). The minimum atomic E-state index is -0.00875. The van der Waals surface area contributed by atoms with Gasteiger partial charge in [0, 0.05) is 17.1 Å². The minimum absolute atomic E-state index is 0.00875. The Balaban J connectivity index is 1.71. The van der Waals surface area contributed by atoms with Crippen molar-refractivity contribution in [2.75, 3.05) is 0 Å². The van der Waals surface area contributed by atoms with Crippen LogP contribution in [0.25, 0.3) is 10.9 Å². The molecule has 3 aromatic rings. The van der Waals surface area contributed by atoms with Crippen molar-refractivity contribution in [3.63, 3.8) is 0 Å². The summed E-state index contributed by atoms with van der Waals surface area (Å²) in [7, 11) is 0. The van der Waals surface area contributed by atoms with E-state index in [-0.39, 0.29) is 5.91 Å². The molecule has 2 aromatic heterocycles. The first-order valence-electron chi connectivity index (χ1n) is 6.58. The fraction of sp³-hybridized carbons (Fsp3) is 0.188. The van der Waals surface area contributed by atoms with Gasteiger partial charge in [0.15, 0.2) is 0 Å². The Morgan fingerprint density at radius 2 is 2.20 bits per heavy atom. The normalized spacial score (nSPS) is 10.8. The Morgan fingerprint density at radius 1 is 1.30 bits per heavy atom. The lowest BCUT2D eigenvalue weighted by Crippen LogP contribution is -2.24. The number of aryl methyl sites for hydroxylation is 1. The Labute approximate surface area is 116 Å². The van der Waals surface area contributed by atoms with Gasteiger partial charge in [0.05, 0.1) is 19.2 Å². The second kappa shape index (κ2) is 5.25. The molecular weight excluding hydrogens is 252 g/mol. The van der Waals surface area contributed by atoms with E-state index in [0.29, 0.717) is 13.0 Å². The molecule has 0 saturated carbocycles. The third-order valence-corrected chi connectivity index (χ3v) is 3.39. The molecule has 102 valence electrons. The van der Waals surface area contributed by atoms with Crippen molar-refractivity contribution in [1.29, 1.82) is 0 Å². The molecule has 1 amide bonds. The molecule has 1 aromatic carbocycles. The van der Waals surface area contributed by atoms with Crippen LogP contribution < -0.4 is 5.32 Å². The highest BCUT2D eigenvalue weighted by molar-refractivity contribution is 5.90. The minimum Gasteiger partial charge on any atom is -0.467 e. The van der Waals surface area contributed by atoms with Gasteiger partial charge in [-0.1, -0.05) is 12.1 Å². The highest BCUT2D eigenvalue weighted by Crippen LogP contribution is 2.22. The van der Waals surface area contributed by atoms with Crippen LogP contribution in [0, 0.1) is 6.92 Å². The van der Waals surface area contributed by atoms with Crippen molar-refractivity contribution < 1.29 is 9.21 Å². The third-order valence-electron chi connectivity index (χ3n) is 3.39. The molecule has 2 heterocycles. The van der Waals surface area contributed by atoms with Crippen molar-refractivity contribution in [2.45, 2.75) is 19.9 Å². The van der Waals surface area contributed by atoms with E-state index in [1.165, 1.54) is 5.56 Å². The zero-order chi connectivity index (χ0) is 13.9. The van der Waals surface area contributed by atoms with Crippen molar-refractivity contribution in [1.82, 2.24) is 10.3 Å². The lowest BCUT2D eigenvalue weighted by molar-refractivity contribution is -0.120. The summed E-state index contributed by atoms with van der Waals surface area (Å²) in [4.78, 5) is 15.2. The molecule has 0 unspecified atom stereocenters. The quantitative estimate of drug-likeness (QED) is 0.764. The summed E-state index contributed by atoms with van der Waals surface area (Å²) in [5, 5.41) is 4.00. The molecule has 0 bridgehead atoms. The van der Waals surface area contributed by atoms with Gasteiger partial charge in [0.25, 0.3) is 0 Å². The largest absolute Gasteiger partial charge is 0.467 e. The number of aromatic nitrogens is 1.